The molecular weight excluding hydrogens is 338 g/mol. The first-order chi connectivity index (χ1) is 12.8. The van der Waals surface area contributed by atoms with Crippen LogP contribution in [0.15, 0.2) is 34.9 Å². The fourth-order valence-corrected chi connectivity index (χ4v) is 3.50. The Kier molecular flexibility index (Phi) is 11.0. The van der Waals surface area contributed by atoms with Crippen molar-refractivity contribution in [1.82, 2.24) is 4.90 Å². The first-order valence-corrected chi connectivity index (χ1v) is 10.2. The topological polar surface area (TPSA) is 57.6 Å². The van der Waals surface area contributed by atoms with Crippen LogP contribution in [0.1, 0.15) is 79.1 Å². The van der Waals surface area contributed by atoms with Crippen molar-refractivity contribution in [1.29, 1.82) is 0 Å². The molecule has 1 heterocycles. The highest BCUT2D eigenvalue weighted by Crippen LogP contribution is 2.19. The first-order valence-electron chi connectivity index (χ1n) is 10.2. The van der Waals surface area contributed by atoms with Crippen molar-refractivity contribution in [2.24, 2.45) is 0 Å². The summed E-state index contributed by atoms with van der Waals surface area (Å²) in [5.74, 6) is -0.439. The molecule has 1 aliphatic heterocycles. The minimum Gasteiger partial charge on any atom is -0.480 e. The third kappa shape index (κ3) is 10.3. The number of carboxylic acids is 1. The van der Waals surface area contributed by atoms with Crippen LogP contribution < -0.4 is 0 Å². The number of allylic oxidation sites excluding steroid dienone is 5. The van der Waals surface area contributed by atoms with Crippen LogP contribution in [0.5, 0.6) is 0 Å². The summed E-state index contributed by atoms with van der Waals surface area (Å²) in [6, 6.07) is -0.304. The molecule has 0 aliphatic carbocycles. The minimum absolute atomic E-state index is 0.251. The van der Waals surface area contributed by atoms with Crippen molar-refractivity contribution in [2.75, 3.05) is 13.1 Å². The SMILES string of the molecule is CC(=O)CCC=C(C)CCC=C(C)CCC=C(C)CN1CCC[C@H]1C(=O)O. The first kappa shape index (κ1) is 23.4. The zero-order chi connectivity index (χ0) is 20.2. The van der Waals surface area contributed by atoms with E-state index in [1.165, 1.54) is 16.7 Å². The van der Waals surface area contributed by atoms with Crippen molar-refractivity contribution >= 4 is 11.8 Å². The molecule has 0 unspecified atom stereocenters. The Balaban J connectivity index is 2.29. The van der Waals surface area contributed by atoms with E-state index in [2.05, 4.69) is 43.9 Å². The molecule has 0 amide bonds. The molecule has 1 rings (SSSR count). The normalized spacial score (nSPS) is 19.6. The van der Waals surface area contributed by atoms with E-state index in [1.54, 1.807) is 6.92 Å². The summed E-state index contributed by atoms with van der Waals surface area (Å²) in [6.07, 6.45) is 14.1. The van der Waals surface area contributed by atoms with E-state index in [-0.39, 0.29) is 11.8 Å². The number of aliphatic carboxylic acids is 1. The van der Waals surface area contributed by atoms with Crippen LogP contribution in [0.4, 0.5) is 0 Å². The van der Waals surface area contributed by atoms with Gasteiger partial charge in [0.25, 0.3) is 0 Å². The summed E-state index contributed by atoms with van der Waals surface area (Å²) in [5.41, 5.74) is 4.02. The highest BCUT2D eigenvalue weighted by molar-refractivity contribution is 5.75. The van der Waals surface area contributed by atoms with E-state index in [0.717, 1.165) is 58.0 Å². The van der Waals surface area contributed by atoms with Gasteiger partial charge in [-0.15, -0.1) is 0 Å². The maximum absolute atomic E-state index is 11.2. The number of carbonyl (C=O) groups excluding carboxylic acids is 1. The molecule has 4 nitrogen and oxygen atoms in total. The number of carboxylic acid groups (broad SMARTS) is 1. The fourth-order valence-electron chi connectivity index (χ4n) is 3.50. The Bertz CT molecular complexity index is 586. The molecule has 0 saturated carbocycles. The van der Waals surface area contributed by atoms with E-state index in [1.807, 2.05) is 0 Å². The lowest BCUT2D eigenvalue weighted by molar-refractivity contribution is -0.142. The van der Waals surface area contributed by atoms with Gasteiger partial charge in [0.05, 0.1) is 0 Å². The van der Waals surface area contributed by atoms with Gasteiger partial charge >= 0.3 is 5.97 Å². The van der Waals surface area contributed by atoms with Gasteiger partial charge in [0.1, 0.15) is 11.8 Å². The average molecular weight is 376 g/mol. The van der Waals surface area contributed by atoms with Gasteiger partial charge in [0, 0.05) is 13.0 Å². The van der Waals surface area contributed by atoms with E-state index in [0.29, 0.717) is 6.42 Å². The Morgan fingerprint density at radius 2 is 1.41 bits per heavy atom. The third-order valence-electron chi connectivity index (χ3n) is 5.15. The summed E-state index contributed by atoms with van der Waals surface area (Å²) in [6.45, 7) is 9.72. The molecule has 1 fully saturated rings. The van der Waals surface area contributed by atoms with Gasteiger partial charge in [-0.25, -0.2) is 0 Å². The van der Waals surface area contributed by atoms with Crippen molar-refractivity contribution < 1.29 is 14.7 Å². The quantitative estimate of drug-likeness (QED) is 0.470. The van der Waals surface area contributed by atoms with Gasteiger partial charge in [-0.1, -0.05) is 34.9 Å². The predicted molar refractivity (Wildman–Crippen MR) is 112 cm³/mol. The van der Waals surface area contributed by atoms with Crippen LogP contribution in [0.2, 0.25) is 0 Å². The Labute approximate surface area is 165 Å². The Hall–Kier alpha value is -1.68. The lowest BCUT2D eigenvalue weighted by Crippen LogP contribution is -2.36. The molecule has 0 aromatic carbocycles. The lowest BCUT2D eigenvalue weighted by atomic mass is 10.1. The molecule has 0 spiro atoms. The monoisotopic (exact) mass is 375 g/mol. The molecule has 1 saturated heterocycles. The summed E-state index contributed by atoms with van der Waals surface area (Å²) in [5, 5.41) is 9.25. The van der Waals surface area contributed by atoms with Crippen LogP contribution in [0.25, 0.3) is 0 Å². The number of nitrogens with zero attached hydrogens (tertiary/aromatic N) is 1. The van der Waals surface area contributed by atoms with Crippen molar-refractivity contribution in [3.8, 4) is 0 Å². The smallest absolute Gasteiger partial charge is 0.320 e. The molecule has 0 radical (unpaired) electrons. The molecule has 1 atom stereocenters. The lowest BCUT2D eigenvalue weighted by Gasteiger charge is -2.21. The number of Topliss-reactive ketones (excluding diaryl/α,β-unsaturated/α-hetero) is 1. The molecule has 4 heteroatoms. The summed E-state index contributed by atoms with van der Waals surface area (Å²) in [4.78, 5) is 24.3. The number of hydrogen-bond donors (Lipinski definition) is 1. The number of ketones is 1. The van der Waals surface area contributed by atoms with Crippen LogP contribution in [-0.2, 0) is 9.59 Å². The van der Waals surface area contributed by atoms with Crippen molar-refractivity contribution in [3.05, 3.63) is 34.9 Å². The van der Waals surface area contributed by atoms with E-state index in [4.69, 9.17) is 0 Å². The zero-order valence-electron chi connectivity index (χ0n) is 17.6. The van der Waals surface area contributed by atoms with E-state index < -0.39 is 5.97 Å². The van der Waals surface area contributed by atoms with Gasteiger partial charge in [-0.3, -0.25) is 9.69 Å². The summed E-state index contributed by atoms with van der Waals surface area (Å²) in [7, 11) is 0. The predicted octanol–water partition coefficient (Wildman–Crippen LogP) is 5.30. The van der Waals surface area contributed by atoms with Gasteiger partial charge in [-0.05, 0) is 79.2 Å². The Morgan fingerprint density at radius 3 is 1.93 bits per heavy atom. The van der Waals surface area contributed by atoms with E-state index in [9.17, 15) is 14.7 Å². The second-order valence-corrected chi connectivity index (χ2v) is 7.94. The van der Waals surface area contributed by atoms with Crippen LogP contribution in [0, 0.1) is 0 Å². The standard InChI is InChI=1S/C23H37NO3/c1-18(9-5-10-19(2)12-7-14-21(4)25)11-6-13-20(3)17-24-16-8-15-22(24)23(26)27/h9,12-13,22H,5-8,10-11,14-17H2,1-4H3,(H,26,27)/t22-/m0/s1. The second kappa shape index (κ2) is 12.7. The largest absolute Gasteiger partial charge is 0.480 e. The maximum Gasteiger partial charge on any atom is 0.320 e. The molecule has 0 aromatic heterocycles. The van der Waals surface area contributed by atoms with Crippen molar-refractivity contribution in [3.63, 3.8) is 0 Å². The molecule has 152 valence electrons. The molecule has 1 aliphatic rings. The second-order valence-electron chi connectivity index (χ2n) is 7.94. The van der Waals surface area contributed by atoms with Crippen LogP contribution in [0.3, 0.4) is 0 Å². The average Bonchev–Trinajstić information content (AvgIpc) is 3.02. The van der Waals surface area contributed by atoms with Gasteiger partial charge < -0.3 is 9.90 Å². The minimum atomic E-state index is -0.690. The van der Waals surface area contributed by atoms with E-state index >= 15 is 0 Å². The van der Waals surface area contributed by atoms with Crippen LogP contribution in [-0.4, -0.2) is 40.9 Å². The maximum atomic E-state index is 11.2. The van der Waals surface area contributed by atoms with Crippen molar-refractivity contribution in [2.45, 2.75) is 85.1 Å². The molecular formula is C23H37NO3. The molecule has 1 N–H and O–H groups in total. The zero-order valence-corrected chi connectivity index (χ0v) is 17.6. The third-order valence-corrected chi connectivity index (χ3v) is 5.15. The van der Waals surface area contributed by atoms with Gasteiger partial charge in [0.15, 0.2) is 0 Å². The number of carbonyl (C=O) groups is 2. The number of rotatable bonds is 12. The highest BCUT2D eigenvalue weighted by atomic mass is 16.4. The van der Waals surface area contributed by atoms with Crippen LogP contribution >= 0.6 is 0 Å². The fraction of sp³-hybridized carbons (Fsp3) is 0.652. The summed E-state index contributed by atoms with van der Waals surface area (Å²) >= 11 is 0. The van der Waals surface area contributed by atoms with Gasteiger partial charge in [-0.2, -0.15) is 0 Å². The summed E-state index contributed by atoms with van der Waals surface area (Å²) < 4.78 is 0. The highest BCUT2D eigenvalue weighted by Gasteiger charge is 2.29. The number of likely N-dealkylation sites (tertiary alicyclic amines) is 1. The molecule has 0 aromatic rings. The van der Waals surface area contributed by atoms with Gasteiger partial charge in [0.2, 0.25) is 0 Å². The Morgan fingerprint density at radius 1 is 0.889 bits per heavy atom. The molecule has 0 bridgehead atoms. The molecule has 27 heavy (non-hydrogen) atoms. The number of hydrogen-bond acceptors (Lipinski definition) is 3.